The van der Waals surface area contributed by atoms with Crippen molar-refractivity contribution < 1.29 is 14.3 Å². The van der Waals surface area contributed by atoms with E-state index in [0.29, 0.717) is 28.8 Å². The van der Waals surface area contributed by atoms with Crippen molar-refractivity contribution in [1.29, 1.82) is 0 Å². The number of methoxy groups -OCH3 is 1. The van der Waals surface area contributed by atoms with Gasteiger partial charge in [0.25, 0.3) is 5.91 Å². The lowest BCUT2D eigenvalue weighted by molar-refractivity contribution is -0.124. The summed E-state index contributed by atoms with van der Waals surface area (Å²) in [7, 11) is 1.59. The lowest BCUT2D eigenvalue weighted by atomic mass is 10.1. The molecule has 1 atom stereocenters. The zero-order valence-corrected chi connectivity index (χ0v) is 20.9. The van der Waals surface area contributed by atoms with Gasteiger partial charge in [-0.25, -0.2) is 0 Å². The average molecular weight is 571 g/mol. The number of nitrogens with zero attached hydrogens (tertiary/aromatic N) is 2. The summed E-state index contributed by atoms with van der Waals surface area (Å²) in [4.78, 5) is 29.7. The Morgan fingerprint density at radius 1 is 1.03 bits per heavy atom. The first-order valence-electron chi connectivity index (χ1n) is 10.3. The van der Waals surface area contributed by atoms with E-state index in [1.807, 2.05) is 59.5 Å². The lowest BCUT2D eigenvalue weighted by Crippen LogP contribution is -2.37. The molecule has 3 aromatic carbocycles. The van der Waals surface area contributed by atoms with Crippen LogP contribution in [0, 0.1) is 3.57 Å². The second kappa shape index (κ2) is 10.3. The van der Waals surface area contributed by atoms with Crippen LogP contribution in [0.15, 0.2) is 78.9 Å². The summed E-state index contributed by atoms with van der Waals surface area (Å²) in [6.07, 6.45) is -0.00948. The van der Waals surface area contributed by atoms with E-state index >= 15 is 0 Å². The minimum Gasteiger partial charge on any atom is -0.497 e. The number of hydrogen-bond donors (Lipinski definition) is 1. The van der Waals surface area contributed by atoms with Crippen LogP contribution in [-0.4, -0.2) is 35.0 Å². The molecule has 1 saturated heterocycles. The fourth-order valence-electron chi connectivity index (χ4n) is 3.68. The summed E-state index contributed by atoms with van der Waals surface area (Å²) < 4.78 is 6.30. The Morgan fingerprint density at radius 3 is 2.33 bits per heavy atom. The number of anilines is 2. The van der Waals surface area contributed by atoms with E-state index in [2.05, 4.69) is 27.9 Å². The zero-order valence-electron chi connectivity index (χ0n) is 17.9. The Labute approximate surface area is 211 Å². The van der Waals surface area contributed by atoms with Crippen molar-refractivity contribution in [2.24, 2.45) is 0 Å². The van der Waals surface area contributed by atoms with E-state index in [9.17, 15) is 9.59 Å². The molecule has 1 N–H and O–H groups in total. The first kappa shape index (κ1) is 23.2. The third-order valence-electron chi connectivity index (χ3n) is 5.35. The van der Waals surface area contributed by atoms with Crippen LogP contribution < -0.4 is 15.0 Å². The maximum Gasteiger partial charge on any atom is 0.256 e. The topological polar surface area (TPSA) is 61.9 Å². The van der Waals surface area contributed by atoms with Crippen LogP contribution in [0.2, 0.25) is 0 Å². The highest BCUT2D eigenvalue weighted by Crippen LogP contribution is 2.30. The molecular weight excluding hydrogens is 549 g/mol. The Balaban J connectivity index is 1.59. The molecular formula is C25H22IN3O3S. The molecule has 168 valence electrons. The smallest absolute Gasteiger partial charge is 0.256 e. The van der Waals surface area contributed by atoms with Gasteiger partial charge in [-0.3, -0.25) is 14.5 Å². The minimum atomic E-state index is -0.705. The summed E-state index contributed by atoms with van der Waals surface area (Å²) in [5.41, 5.74) is 2.34. The number of carbonyl (C=O) groups excluding carboxylic acids is 2. The van der Waals surface area contributed by atoms with Gasteiger partial charge in [0.15, 0.2) is 5.11 Å². The van der Waals surface area contributed by atoms with Gasteiger partial charge in [0.05, 0.1) is 19.2 Å². The summed E-state index contributed by atoms with van der Waals surface area (Å²) >= 11 is 7.93. The van der Waals surface area contributed by atoms with Crippen LogP contribution in [-0.2, 0) is 16.1 Å². The van der Waals surface area contributed by atoms with Gasteiger partial charge in [-0.15, -0.1) is 0 Å². The normalized spacial score (nSPS) is 15.6. The molecule has 0 aromatic heterocycles. The third-order valence-corrected chi connectivity index (χ3v) is 6.49. The number of carbonyl (C=O) groups is 2. The van der Waals surface area contributed by atoms with Crippen molar-refractivity contribution in [3.63, 3.8) is 0 Å². The molecule has 6 nitrogen and oxygen atoms in total. The number of thiocarbonyl (C=S) groups is 1. The Morgan fingerprint density at radius 2 is 1.70 bits per heavy atom. The molecule has 1 aliphatic rings. The average Bonchev–Trinajstić information content (AvgIpc) is 3.05. The van der Waals surface area contributed by atoms with Crippen LogP contribution in [0.3, 0.4) is 0 Å². The molecule has 1 unspecified atom stereocenters. The number of benzene rings is 3. The van der Waals surface area contributed by atoms with Gasteiger partial charge in [0.1, 0.15) is 11.8 Å². The summed E-state index contributed by atoms with van der Waals surface area (Å²) in [5, 5.41) is 3.26. The van der Waals surface area contributed by atoms with Crippen molar-refractivity contribution in [1.82, 2.24) is 4.90 Å². The molecule has 2 amide bonds. The molecule has 0 spiro atoms. The highest BCUT2D eigenvalue weighted by Gasteiger charge is 2.44. The molecule has 4 rings (SSSR count). The third kappa shape index (κ3) is 5.33. The van der Waals surface area contributed by atoms with Gasteiger partial charge in [0, 0.05) is 15.8 Å². The van der Waals surface area contributed by atoms with Crippen LogP contribution in [0.5, 0.6) is 5.75 Å². The largest absolute Gasteiger partial charge is 0.497 e. The minimum absolute atomic E-state index is 0.00948. The van der Waals surface area contributed by atoms with Gasteiger partial charge in [-0.2, -0.15) is 0 Å². The molecule has 33 heavy (non-hydrogen) atoms. The van der Waals surface area contributed by atoms with E-state index in [0.717, 1.165) is 9.13 Å². The summed E-state index contributed by atoms with van der Waals surface area (Å²) in [6.45, 7) is 0.430. The molecule has 0 aliphatic carbocycles. The van der Waals surface area contributed by atoms with Gasteiger partial charge in [0.2, 0.25) is 5.91 Å². The molecule has 3 aromatic rings. The first-order chi connectivity index (χ1) is 16.0. The standard InChI is InChI=1S/C25H22IN3O3S/c1-32-21-13-11-20(12-14-21)29-24(31)22(15-23(30)27-19-9-7-18(26)8-10-19)28(25(29)33)16-17-5-3-2-4-6-17/h2-14,22H,15-16H2,1H3,(H,27,30). The molecule has 0 radical (unpaired) electrons. The summed E-state index contributed by atoms with van der Waals surface area (Å²) in [5.74, 6) is 0.219. The predicted octanol–water partition coefficient (Wildman–Crippen LogP) is 4.83. The van der Waals surface area contributed by atoms with Crippen LogP contribution >= 0.6 is 34.8 Å². The molecule has 0 saturated carbocycles. The molecule has 0 bridgehead atoms. The zero-order chi connectivity index (χ0) is 23.4. The fraction of sp³-hybridized carbons (Fsp3) is 0.160. The van der Waals surface area contributed by atoms with E-state index < -0.39 is 6.04 Å². The quantitative estimate of drug-likeness (QED) is 0.325. The van der Waals surface area contributed by atoms with Crippen molar-refractivity contribution in [2.75, 3.05) is 17.3 Å². The highest BCUT2D eigenvalue weighted by molar-refractivity contribution is 14.1. The van der Waals surface area contributed by atoms with E-state index in [1.165, 1.54) is 4.90 Å². The highest BCUT2D eigenvalue weighted by atomic mass is 127. The molecule has 8 heteroatoms. The summed E-state index contributed by atoms with van der Waals surface area (Å²) in [6, 6.07) is 23.7. The van der Waals surface area contributed by atoms with Crippen molar-refractivity contribution in [2.45, 2.75) is 19.0 Å². The van der Waals surface area contributed by atoms with E-state index in [-0.39, 0.29) is 18.2 Å². The molecule has 1 fully saturated rings. The maximum atomic E-state index is 13.5. The van der Waals surface area contributed by atoms with Crippen LogP contribution in [0.25, 0.3) is 0 Å². The lowest BCUT2D eigenvalue weighted by Gasteiger charge is -2.24. The predicted molar refractivity (Wildman–Crippen MR) is 141 cm³/mol. The number of nitrogens with one attached hydrogen (secondary N) is 1. The Kier molecular flexibility index (Phi) is 7.24. The second-order valence-corrected chi connectivity index (χ2v) is 9.15. The number of hydrogen-bond acceptors (Lipinski definition) is 4. The monoisotopic (exact) mass is 571 g/mol. The van der Waals surface area contributed by atoms with Gasteiger partial charge >= 0.3 is 0 Å². The van der Waals surface area contributed by atoms with Crippen LogP contribution in [0.4, 0.5) is 11.4 Å². The number of halogens is 1. The SMILES string of the molecule is COc1ccc(N2C(=O)C(CC(=O)Nc3ccc(I)cc3)N(Cc3ccccc3)C2=S)cc1. The van der Waals surface area contributed by atoms with E-state index in [1.54, 1.807) is 31.4 Å². The number of ether oxygens (including phenoxy) is 1. The first-order valence-corrected chi connectivity index (χ1v) is 11.8. The Hall–Kier alpha value is -2.98. The number of amides is 2. The number of rotatable bonds is 7. The van der Waals surface area contributed by atoms with Crippen molar-refractivity contribution >= 4 is 63.1 Å². The van der Waals surface area contributed by atoms with Gasteiger partial charge < -0.3 is 15.0 Å². The fourth-order valence-corrected chi connectivity index (χ4v) is 4.43. The van der Waals surface area contributed by atoms with Crippen molar-refractivity contribution in [3.8, 4) is 5.75 Å². The van der Waals surface area contributed by atoms with Crippen molar-refractivity contribution in [3.05, 3.63) is 88.0 Å². The Bertz CT molecular complexity index is 1150. The van der Waals surface area contributed by atoms with E-state index in [4.69, 9.17) is 17.0 Å². The molecule has 1 aliphatic heterocycles. The van der Waals surface area contributed by atoms with Gasteiger partial charge in [-0.1, -0.05) is 30.3 Å². The van der Waals surface area contributed by atoms with Crippen LogP contribution in [0.1, 0.15) is 12.0 Å². The van der Waals surface area contributed by atoms with Gasteiger partial charge in [-0.05, 0) is 88.9 Å². The molecule has 1 heterocycles. The maximum absolute atomic E-state index is 13.5. The second-order valence-electron chi connectivity index (χ2n) is 7.54.